The summed E-state index contributed by atoms with van der Waals surface area (Å²) >= 11 is 0. The van der Waals surface area contributed by atoms with E-state index in [-0.39, 0.29) is 0 Å². The van der Waals surface area contributed by atoms with Crippen LogP contribution in [0, 0.1) is 11.8 Å². The summed E-state index contributed by atoms with van der Waals surface area (Å²) in [7, 11) is -2.87. The Labute approximate surface area is 183 Å². The predicted molar refractivity (Wildman–Crippen MR) is 129 cm³/mol. The van der Waals surface area contributed by atoms with Gasteiger partial charge in [-0.25, -0.2) is 0 Å². The first-order valence-corrected chi connectivity index (χ1v) is 13.9. The zero-order valence-electron chi connectivity index (χ0n) is 18.3. The molecule has 3 heteroatoms. The fourth-order valence-electron chi connectivity index (χ4n) is 5.68. The van der Waals surface area contributed by atoms with Crippen molar-refractivity contribution in [2.75, 3.05) is 0 Å². The molecule has 4 rings (SSSR count). The highest BCUT2D eigenvalue weighted by Crippen LogP contribution is 2.42. The van der Waals surface area contributed by atoms with Crippen molar-refractivity contribution in [1.29, 1.82) is 0 Å². The molecular weight excluding hydrogens is 385 g/mol. The van der Waals surface area contributed by atoms with Crippen LogP contribution in [0.2, 0.25) is 0 Å². The molecule has 0 heterocycles. The zero-order valence-corrected chi connectivity index (χ0v) is 19.2. The van der Waals surface area contributed by atoms with Gasteiger partial charge in [0.2, 0.25) is 7.29 Å². The number of nitrogens with one attached hydrogen (secondary N) is 1. The van der Waals surface area contributed by atoms with Crippen LogP contribution in [0.15, 0.2) is 60.7 Å². The van der Waals surface area contributed by atoms with E-state index < -0.39 is 7.29 Å². The number of rotatable bonds is 8. The van der Waals surface area contributed by atoms with Gasteiger partial charge in [-0.3, -0.25) is 9.65 Å². The molecule has 2 nitrogen and oxygen atoms in total. The largest absolute Gasteiger partial charge is 0.297 e. The van der Waals surface area contributed by atoms with Crippen LogP contribution < -0.4 is 15.7 Å². The maximum absolute atomic E-state index is 14.6. The summed E-state index contributed by atoms with van der Waals surface area (Å²) in [4.78, 5) is 0. The summed E-state index contributed by atoms with van der Waals surface area (Å²) in [5, 5.41) is 5.69. The van der Waals surface area contributed by atoms with Crippen molar-refractivity contribution in [3.05, 3.63) is 60.7 Å². The Bertz CT molecular complexity index is 731. The molecule has 0 amide bonds. The number of hydrogen-bond donors (Lipinski definition) is 1. The van der Waals surface area contributed by atoms with Crippen molar-refractivity contribution in [2.45, 2.75) is 83.1 Å². The van der Waals surface area contributed by atoms with E-state index in [4.69, 9.17) is 0 Å². The molecule has 0 atom stereocenters. The molecule has 2 saturated carbocycles. The van der Waals surface area contributed by atoms with Crippen LogP contribution in [0.1, 0.15) is 77.0 Å². The van der Waals surface area contributed by atoms with Crippen molar-refractivity contribution in [1.82, 2.24) is 5.09 Å². The van der Waals surface area contributed by atoms with Gasteiger partial charge in [0, 0.05) is 16.7 Å². The smallest absolute Gasteiger partial charge is 0.204 e. The van der Waals surface area contributed by atoms with Crippen LogP contribution in [0.4, 0.5) is 0 Å². The maximum Gasteiger partial charge on any atom is 0.204 e. The average molecular weight is 424 g/mol. The van der Waals surface area contributed by atoms with Gasteiger partial charge in [-0.05, 0) is 48.9 Å². The molecule has 0 saturated heterocycles. The predicted octanol–water partition coefficient (Wildman–Crippen LogP) is 6.81. The molecule has 162 valence electrons. The van der Waals surface area contributed by atoms with Crippen molar-refractivity contribution < 1.29 is 4.57 Å². The first-order valence-electron chi connectivity index (χ1n) is 12.2. The third-order valence-electron chi connectivity index (χ3n) is 7.29. The summed E-state index contributed by atoms with van der Waals surface area (Å²) in [6, 6.07) is 20.6. The van der Waals surface area contributed by atoms with Gasteiger partial charge in [-0.2, -0.15) is 0 Å². The lowest BCUT2D eigenvalue weighted by molar-refractivity contribution is 0.260. The maximum atomic E-state index is 14.6. The zero-order chi connectivity index (χ0) is 20.7. The normalized spacial score (nSPS) is 19.2. The minimum absolute atomic E-state index is 0.336. The monoisotopic (exact) mass is 423 g/mol. The first-order chi connectivity index (χ1) is 14.7. The van der Waals surface area contributed by atoms with Crippen LogP contribution in [0.25, 0.3) is 0 Å². The molecule has 0 radical (unpaired) electrons. The van der Waals surface area contributed by atoms with E-state index in [0.717, 1.165) is 22.4 Å². The summed E-state index contributed by atoms with van der Waals surface area (Å²) in [6.45, 7) is 0. The highest BCUT2D eigenvalue weighted by Gasteiger charge is 2.32. The Morgan fingerprint density at radius 1 is 0.667 bits per heavy atom. The lowest BCUT2D eigenvalue weighted by Gasteiger charge is -2.34. The minimum atomic E-state index is -2.87. The molecule has 2 aromatic rings. The molecule has 0 unspecified atom stereocenters. The van der Waals surface area contributed by atoms with Gasteiger partial charge in [0.05, 0.1) is 0 Å². The van der Waals surface area contributed by atoms with Gasteiger partial charge in [0.15, 0.2) is 0 Å². The van der Waals surface area contributed by atoms with E-state index in [9.17, 15) is 4.57 Å². The first kappa shape index (κ1) is 21.8. The molecule has 2 aromatic carbocycles. The molecule has 0 bridgehead atoms. The van der Waals surface area contributed by atoms with E-state index in [1.165, 1.54) is 77.0 Å². The summed E-state index contributed by atoms with van der Waals surface area (Å²) in [5.41, 5.74) is 0. The molecule has 0 aromatic heterocycles. The molecule has 30 heavy (non-hydrogen) atoms. The van der Waals surface area contributed by atoms with Crippen LogP contribution in [-0.4, -0.2) is 6.04 Å². The van der Waals surface area contributed by atoms with E-state index in [0.29, 0.717) is 6.04 Å². The quantitative estimate of drug-likeness (QED) is 0.472. The highest BCUT2D eigenvalue weighted by atomic mass is 31.2. The average Bonchev–Trinajstić information content (AvgIpc) is 2.81. The lowest BCUT2D eigenvalue weighted by atomic mass is 9.80. The van der Waals surface area contributed by atoms with Crippen LogP contribution >= 0.6 is 7.29 Å². The lowest BCUT2D eigenvalue weighted by Crippen LogP contribution is -2.38. The Kier molecular flexibility index (Phi) is 7.85. The number of hydrogen-bond acceptors (Lipinski definition) is 1. The van der Waals surface area contributed by atoms with Crippen molar-refractivity contribution in [2.24, 2.45) is 11.8 Å². The minimum Gasteiger partial charge on any atom is -0.297 e. The third-order valence-corrected chi connectivity index (χ3v) is 10.1. The Hall–Kier alpha value is -1.37. The second kappa shape index (κ2) is 10.8. The van der Waals surface area contributed by atoms with Crippen molar-refractivity contribution in [3.8, 4) is 0 Å². The Morgan fingerprint density at radius 3 is 1.47 bits per heavy atom. The van der Waals surface area contributed by atoms with Crippen LogP contribution in [0.5, 0.6) is 0 Å². The molecule has 0 aliphatic heterocycles. The summed E-state index contributed by atoms with van der Waals surface area (Å²) in [5.74, 6) is 1.58. The fourth-order valence-corrected chi connectivity index (χ4v) is 8.19. The molecule has 1 N–H and O–H groups in total. The van der Waals surface area contributed by atoms with E-state index in [1.807, 2.05) is 60.7 Å². The van der Waals surface area contributed by atoms with Crippen LogP contribution in [-0.2, 0) is 4.57 Å². The van der Waals surface area contributed by atoms with Crippen molar-refractivity contribution >= 4 is 17.9 Å². The van der Waals surface area contributed by atoms with Gasteiger partial charge in [0.25, 0.3) is 0 Å². The molecular formula is C27H38NOP. The van der Waals surface area contributed by atoms with Gasteiger partial charge in [-0.15, -0.1) is 0 Å². The SMILES string of the molecule is O=P(NC(CC1CCCCC1)CC1CCCCC1)(c1ccccc1)c1ccccc1. The third kappa shape index (κ3) is 5.65. The van der Waals surface area contributed by atoms with E-state index >= 15 is 0 Å². The van der Waals surface area contributed by atoms with Gasteiger partial charge in [0.1, 0.15) is 0 Å². The molecule has 0 spiro atoms. The second-order valence-corrected chi connectivity index (χ2v) is 12.1. The van der Waals surface area contributed by atoms with E-state index in [2.05, 4.69) is 5.09 Å². The topological polar surface area (TPSA) is 29.1 Å². The molecule has 2 fully saturated rings. The second-order valence-electron chi connectivity index (χ2n) is 9.59. The van der Waals surface area contributed by atoms with Crippen LogP contribution in [0.3, 0.4) is 0 Å². The summed E-state index contributed by atoms with van der Waals surface area (Å²) in [6.07, 6.45) is 16.0. The highest BCUT2D eigenvalue weighted by molar-refractivity contribution is 7.76. The molecule has 2 aliphatic rings. The Balaban J connectivity index is 1.60. The van der Waals surface area contributed by atoms with Gasteiger partial charge < -0.3 is 0 Å². The van der Waals surface area contributed by atoms with Gasteiger partial charge >= 0.3 is 0 Å². The summed E-state index contributed by atoms with van der Waals surface area (Å²) < 4.78 is 14.6. The Morgan fingerprint density at radius 2 is 1.07 bits per heavy atom. The standard InChI is InChI=1S/C27H38NOP/c29-30(26-17-9-3-10-18-26,27-19-11-4-12-20-27)28-25(21-23-13-5-1-6-14-23)22-24-15-7-2-8-16-24/h3-4,9-12,17-20,23-25H,1-2,5-8,13-16,21-22H2,(H,28,29). The fraction of sp³-hybridized carbons (Fsp3) is 0.556. The van der Waals surface area contributed by atoms with E-state index in [1.54, 1.807) is 0 Å². The van der Waals surface area contributed by atoms with Gasteiger partial charge in [-0.1, -0.05) is 101 Å². The molecule has 2 aliphatic carbocycles. The number of benzene rings is 2. The van der Waals surface area contributed by atoms with Crippen molar-refractivity contribution in [3.63, 3.8) is 0 Å².